The normalized spacial score (nSPS) is 17.3. The number of hydrogen-bond donors (Lipinski definition) is 0. The fourth-order valence-corrected chi connectivity index (χ4v) is 3.52. The third-order valence-corrected chi connectivity index (χ3v) is 5.20. The molecule has 1 amide bonds. The van der Waals surface area contributed by atoms with Crippen molar-refractivity contribution in [2.45, 2.75) is 13.8 Å². The summed E-state index contributed by atoms with van der Waals surface area (Å²) in [5.41, 5.74) is 0.847. The van der Waals surface area contributed by atoms with Gasteiger partial charge in [-0.15, -0.1) is 0 Å². The molecular weight excluding hydrogens is 300 g/mol. The molecule has 0 N–H and O–H groups in total. The lowest BCUT2D eigenvalue weighted by molar-refractivity contribution is -0.135. The standard InChI is InChI=1S/C16H22N2O3S/c1-14(2)16(19)17-9-11-18(12-10-17)22(20,21)13-8-15-6-4-3-5-7-15/h3-8,13-14H,9-12H2,1-2H3. The van der Waals surface area contributed by atoms with Crippen LogP contribution in [0.15, 0.2) is 35.7 Å². The van der Waals surface area contributed by atoms with Gasteiger partial charge in [-0.05, 0) is 11.6 Å². The first-order chi connectivity index (χ1) is 10.4. The molecule has 1 fully saturated rings. The van der Waals surface area contributed by atoms with Crippen molar-refractivity contribution in [2.24, 2.45) is 5.92 Å². The van der Waals surface area contributed by atoms with Gasteiger partial charge in [0.2, 0.25) is 15.9 Å². The van der Waals surface area contributed by atoms with Gasteiger partial charge in [0.1, 0.15) is 0 Å². The van der Waals surface area contributed by atoms with Gasteiger partial charge in [-0.2, -0.15) is 4.31 Å². The van der Waals surface area contributed by atoms with Crippen LogP contribution in [0.2, 0.25) is 0 Å². The molecule has 120 valence electrons. The molecule has 0 aromatic heterocycles. The molecule has 0 spiro atoms. The number of amides is 1. The molecule has 22 heavy (non-hydrogen) atoms. The summed E-state index contributed by atoms with van der Waals surface area (Å²) in [6.07, 6.45) is 1.60. The largest absolute Gasteiger partial charge is 0.340 e. The van der Waals surface area contributed by atoms with Crippen molar-refractivity contribution in [3.63, 3.8) is 0 Å². The van der Waals surface area contributed by atoms with Crippen molar-refractivity contribution in [3.8, 4) is 0 Å². The van der Waals surface area contributed by atoms with Gasteiger partial charge in [0.05, 0.1) is 0 Å². The van der Waals surface area contributed by atoms with E-state index in [-0.39, 0.29) is 11.8 Å². The summed E-state index contributed by atoms with van der Waals surface area (Å²) in [5, 5.41) is 1.24. The number of hydrogen-bond acceptors (Lipinski definition) is 3. The van der Waals surface area contributed by atoms with Gasteiger partial charge >= 0.3 is 0 Å². The highest BCUT2D eigenvalue weighted by Gasteiger charge is 2.28. The van der Waals surface area contributed by atoms with E-state index in [1.807, 2.05) is 44.2 Å². The van der Waals surface area contributed by atoms with Crippen LogP contribution in [0.1, 0.15) is 19.4 Å². The highest BCUT2D eigenvalue weighted by Crippen LogP contribution is 2.13. The van der Waals surface area contributed by atoms with Crippen LogP contribution in [0.25, 0.3) is 6.08 Å². The van der Waals surface area contributed by atoms with Crippen molar-refractivity contribution in [3.05, 3.63) is 41.3 Å². The molecule has 0 bridgehead atoms. The van der Waals surface area contributed by atoms with E-state index in [0.717, 1.165) is 5.56 Å². The van der Waals surface area contributed by atoms with E-state index in [4.69, 9.17) is 0 Å². The Kier molecular flexibility index (Phi) is 5.37. The quantitative estimate of drug-likeness (QED) is 0.849. The summed E-state index contributed by atoms with van der Waals surface area (Å²) < 4.78 is 26.0. The van der Waals surface area contributed by atoms with Crippen LogP contribution in [0.4, 0.5) is 0 Å². The lowest BCUT2D eigenvalue weighted by Gasteiger charge is -2.34. The van der Waals surface area contributed by atoms with E-state index in [9.17, 15) is 13.2 Å². The zero-order valence-electron chi connectivity index (χ0n) is 13.0. The fourth-order valence-electron chi connectivity index (χ4n) is 2.34. The van der Waals surface area contributed by atoms with E-state index in [2.05, 4.69) is 0 Å². The molecule has 2 rings (SSSR count). The van der Waals surface area contributed by atoms with Gasteiger partial charge in [0.15, 0.2) is 0 Å². The molecular formula is C16H22N2O3S. The fraction of sp³-hybridized carbons (Fsp3) is 0.438. The predicted molar refractivity (Wildman–Crippen MR) is 87.4 cm³/mol. The number of rotatable bonds is 4. The molecule has 0 unspecified atom stereocenters. The lowest BCUT2D eigenvalue weighted by Crippen LogP contribution is -2.51. The number of sulfonamides is 1. The molecule has 0 radical (unpaired) electrons. The first-order valence-electron chi connectivity index (χ1n) is 7.42. The van der Waals surface area contributed by atoms with Crippen LogP contribution in [-0.4, -0.2) is 49.7 Å². The minimum atomic E-state index is -3.44. The van der Waals surface area contributed by atoms with Gasteiger partial charge < -0.3 is 4.90 Å². The molecule has 0 aliphatic carbocycles. The van der Waals surface area contributed by atoms with Crippen molar-refractivity contribution in [1.82, 2.24) is 9.21 Å². The lowest BCUT2D eigenvalue weighted by atomic mass is 10.2. The molecule has 0 saturated carbocycles. The highest BCUT2D eigenvalue weighted by atomic mass is 32.2. The molecule has 1 heterocycles. The summed E-state index contributed by atoms with van der Waals surface area (Å²) in [4.78, 5) is 13.6. The zero-order chi connectivity index (χ0) is 16.2. The second-order valence-corrected chi connectivity index (χ2v) is 7.46. The Hall–Kier alpha value is -1.66. The first kappa shape index (κ1) is 16.7. The molecule has 6 heteroatoms. The number of carbonyl (C=O) groups is 1. The molecule has 1 aromatic rings. The Morgan fingerprint density at radius 3 is 2.23 bits per heavy atom. The summed E-state index contributed by atoms with van der Waals surface area (Å²) in [7, 11) is -3.44. The molecule has 1 aliphatic heterocycles. The highest BCUT2D eigenvalue weighted by molar-refractivity contribution is 7.92. The van der Waals surface area contributed by atoms with Crippen molar-refractivity contribution in [1.29, 1.82) is 0 Å². The SMILES string of the molecule is CC(C)C(=O)N1CCN(S(=O)(=O)C=Cc2ccccc2)CC1. The average molecular weight is 322 g/mol. The third kappa shape index (κ3) is 4.18. The Labute approximate surface area is 132 Å². The zero-order valence-corrected chi connectivity index (χ0v) is 13.8. The van der Waals surface area contributed by atoms with E-state index in [1.165, 1.54) is 9.71 Å². The third-order valence-electron chi connectivity index (χ3n) is 3.64. The summed E-state index contributed by atoms with van der Waals surface area (Å²) in [6.45, 7) is 5.31. The number of piperazine rings is 1. The Morgan fingerprint density at radius 1 is 1.09 bits per heavy atom. The second-order valence-electron chi connectivity index (χ2n) is 5.64. The number of benzene rings is 1. The van der Waals surface area contributed by atoms with Gasteiger partial charge in [0, 0.05) is 37.5 Å². The van der Waals surface area contributed by atoms with Crippen molar-refractivity contribution < 1.29 is 13.2 Å². The Morgan fingerprint density at radius 2 is 1.68 bits per heavy atom. The van der Waals surface area contributed by atoms with Crippen molar-refractivity contribution in [2.75, 3.05) is 26.2 Å². The summed E-state index contributed by atoms with van der Waals surface area (Å²) in [6, 6.07) is 9.32. The van der Waals surface area contributed by atoms with Crippen LogP contribution in [0.5, 0.6) is 0 Å². The Bertz CT molecular complexity index is 631. The maximum atomic E-state index is 12.3. The minimum Gasteiger partial charge on any atom is -0.340 e. The van der Waals surface area contributed by atoms with Crippen molar-refractivity contribution >= 4 is 22.0 Å². The van der Waals surface area contributed by atoms with Crippen LogP contribution >= 0.6 is 0 Å². The van der Waals surface area contributed by atoms with Gasteiger partial charge in [-0.25, -0.2) is 8.42 Å². The molecule has 1 aliphatic rings. The van der Waals surface area contributed by atoms with Crippen LogP contribution in [0, 0.1) is 5.92 Å². The summed E-state index contributed by atoms with van der Waals surface area (Å²) >= 11 is 0. The second kappa shape index (κ2) is 7.07. The molecule has 5 nitrogen and oxygen atoms in total. The van der Waals surface area contributed by atoms with Crippen LogP contribution < -0.4 is 0 Å². The topological polar surface area (TPSA) is 57.7 Å². The van der Waals surface area contributed by atoms with E-state index in [0.29, 0.717) is 26.2 Å². The van der Waals surface area contributed by atoms with Crippen LogP contribution in [-0.2, 0) is 14.8 Å². The Balaban J connectivity index is 1.98. The monoisotopic (exact) mass is 322 g/mol. The van der Waals surface area contributed by atoms with Crippen LogP contribution in [0.3, 0.4) is 0 Å². The predicted octanol–water partition coefficient (Wildman–Crippen LogP) is 1.79. The number of nitrogens with zero attached hydrogens (tertiary/aromatic N) is 2. The van der Waals surface area contributed by atoms with Gasteiger partial charge in [-0.1, -0.05) is 44.2 Å². The molecule has 1 aromatic carbocycles. The van der Waals surface area contributed by atoms with E-state index < -0.39 is 10.0 Å². The maximum Gasteiger partial charge on any atom is 0.236 e. The average Bonchev–Trinajstić information content (AvgIpc) is 2.53. The van der Waals surface area contributed by atoms with Gasteiger partial charge in [0.25, 0.3) is 0 Å². The van der Waals surface area contributed by atoms with E-state index in [1.54, 1.807) is 11.0 Å². The number of carbonyl (C=O) groups excluding carboxylic acids is 1. The minimum absolute atomic E-state index is 0.0545. The smallest absolute Gasteiger partial charge is 0.236 e. The maximum absolute atomic E-state index is 12.3. The molecule has 1 saturated heterocycles. The first-order valence-corrected chi connectivity index (χ1v) is 8.92. The van der Waals surface area contributed by atoms with E-state index >= 15 is 0 Å². The summed E-state index contributed by atoms with van der Waals surface area (Å²) in [5.74, 6) is 0.0259. The van der Waals surface area contributed by atoms with Gasteiger partial charge in [-0.3, -0.25) is 4.79 Å². The molecule has 0 atom stereocenters.